The number of fused-ring (bicyclic) bond motifs is 2. The molecule has 8 nitrogen and oxygen atoms in total. The van der Waals surface area contributed by atoms with Gasteiger partial charge in [0.1, 0.15) is 24.1 Å². The van der Waals surface area contributed by atoms with E-state index in [0.717, 1.165) is 6.07 Å². The summed E-state index contributed by atoms with van der Waals surface area (Å²) in [5, 5.41) is 10.3. The molecule has 2 fully saturated rings. The van der Waals surface area contributed by atoms with E-state index in [1.165, 1.54) is 13.2 Å². The summed E-state index contributed by atoms with van der Waals surface area (Å²) in [5.41, 5.74) is 3.01. The van der Waals surface area contributed by atoms with Crippen LogP contribution in [0.2, 0.25) is 5.02 Å². The molecule has 2 unspecified atom stereocenters. The van der Waals surface area contributed by atoms with E-state index in [1.54, 1.807) is 30.3 Å². The smallest absolute Gasteiger partial charge is 0.296 e. The summed E-state index contributed by atoms with van der Waals surface area (Å²) < 4.78 is 50.2. The molecule has 0 saturated carbocycles. The second-order valence-electron chi connectivity index (χ2n) is 8.60. The van der Waals surface area contributed by atoms with Gasteiger partial charge in [-0.3, -0.25) is 0 Å². The number of aromatic amines is 1. The first-order valence-corrected chi connectivity index (χ1v) is 11.6. The van der Waals surface area contributed by atoms with Crippen LogP contribution in [0, 0.1) is 11.6 Å². The second-order valence-corrected chi connectivity index (χ2v) is 9.00. The minimum Gasteiger partial charge on any atom is -0.493 e. The maximum Gasteiger partial charge on any atom is 0.296 e. The van der Waals surface area contributed by atoms with Crippen LogP contribution in [0.4, 0.5) is 8.78 Å². The van der Waals surface area contributed by atoms with Crippen molar-refractivity contribution < 1.29 is 32.8 Å². The fraction of sp³-hybridized carbons (Fsp3) is 0.280. The van der Waals surface area contributed by atoms with Gasteiger partial charge in [-0.1, -0.05) is 35.9 Å². The predicted octanol–water partition coefficient (Wildman–Crippen LogP) is 4.14. The first-order chi connectivity index (χ1) is 17.4. The lowest BCUT2D eigenvalue weighted by Crippen LogP contribution is -2.34. The van der Waals surface area contributed by atoms with Crippen LogP contribution in [-0.4, -0.2) is 64.8 Å². The van der Waals surface area contributed by atoms with E-state index in [1.807, 2.05) is 0 Å². The molecule has 4 atom stereocenters. The number of rotatable bonds is 5. The molecular weight excluding hydrogens is 496 g/mol. The van der Waals surface area contributed by atoms with Gasteiger partial charge in [-0.05, 0) is 17.7 Å². The van der Waals surface area contributed by atoms with Gasteiger partial charge in [0, 0.05) is 17.2 Å². The lowest BCUT2D eigenvalue weighted by Gasteiger charge is -2.15. The number of benzene rings is 2. The van der Waals surface area contributed by atoms with Crippen molar-refractivity contribution in [1.82, 2.24) is 15.0 Å². The molecule has 2 aromatic carbocycles. The number of methoxy groups -OCH3 is 1. The molecule has 186 valence electrons. The molecule has 0 radical (unpaired) electrons. The molecule has 36 heavy (non-hydrogen) atoms. The fourth-order valence-electron chi connectivity index (χ4n) is 4.63. The lowest BCUT2D eigenvalue weighted by atomic mass is 10.0. The van der Waals surface area contributed by atoms with Gasteiger partial charge in [0.2, 0.25) is 0 Å². The van der Waals surface area contributed by atoms with Crippen molar-refractivity contribution >= 4 is 22.8 Å². The monoisotopic (exact) mass is 515 g/mol. The van der Waals surface area contributed by atoms with Gasteiger partial charge in [-0.2, -0.15) is 4.98 Å². The zero-order chi connectivity index (χ0) is 25.0. The standard InChI is InChI=1S/C25H20ClF2N3O5/c1-33-21-14(6-13(27)7-16(21)28)11-2-4-12(5-3-11)20-15(26)8-17-24(30-20)31-25(29-17)36-19-10-35-22-18(32)9-34-23(19)22/h2-8,18-19,22-23,32H,9-10H2,1H3,(H,29,30,31)/t18?,19?,22-,23-/m1/s1. The minimum atomic E-state index is -0.779. The third-order valence-electron chi connectivity index (χ3n) is 6.33. The summed E-state index contributed by atoms with van der Waals surface area (Å²) in [7, 11) is 1.33. The number of aromatic nitrogens is 3. The first-order valence-electron chi connectivity index (χ1n) is 11.2. The summed E-state index contributed by atoms with van der Waals surface area (Å²) in [5.74, 6) is -1.52. The number of ether oxygens (including phenoxy) is 4. The van der Waals surface area contributed by atoms with E-state index in [-0.39, 0.29) is 31.1 Å². The van der Waals surface area contributed by atoms with Gasteiger partial charge in [0.05, 0.1) is 36.6 Å². The van der Waals surface area contributed by atoms with Crippen LogP contribution < -0.4 is 9.47 Å². The highest BCUT2D eigenvalue weighted by molar-refractivity contribution is 6.33. The molecule has 2 N–H and O–H groups in total. The summed E-state index contributed by atoms with van der Waals surface area (Å²) >= 11 is 6.51. The molecule has 2 aromatic heterocycles. The fourth-order valence-corrected chi connectivity index (χ4v) is 4.89. The number of pyridine rings is 1. The topological polar surface area (TPSA) is 98.7 Å². The van der Waals surface area contributed by atoms with Gasteiger partial charge < -0.3 is 29.0 Å². The Kier molecular flexibility index (Phi) is 5.76. The highest BCUT2D eigenvalue weighted by Gasteiger charge is 2.48. The number of aliphatic hydroxyl groups is 1. The summed E-state index contributed by atoms with van der Waals surface area (Å²) in [4.78, 5) is 12.1. The second kappa shape index (κ2) is 8.97. The number of nitrogens with zero attached hydrogens (tertiary/aromatic N) is 2. The number of hydrogen-bond donors (Lipinski definition) is 2. The van der Waals surface area contributed by atoms with Crippen LogP contribution in [0.25, 0.3) is 33.5 Å². The van der Waals surface area contributed by atoms with E-state index in [2.05, 4.69) is 15.0 Å². The zero-order valence-corrected chi connectivity index (χ0v) is 19.6. The SMILES string of the molecule is COc1c(F)cc(F)cc1-c1ccc(-c2nc3nc(OC4CO[C@@H]5C(O)CO[C@H]45)[nH]c3cc2Cl)cc1. The molecular formula is C25H20ClF2N3O5. The van der Waals surface area contributed by atoms with E-state index in [0.29, 0.717) is 38.6 Å². The Morgan fingerprint density at radius 2 is 1.78 bits per heavy atom. The quantitative estimate of drug-likeness (QED) is 0.412. The molecule has 2 aliphatic heterocycles. The molecule has 4 heterocycles. The van der Waals surface area contributed by atoms with Crippen molar-refractivity contribution in [3.63, 3.8) is 0 Å². The highest BCUT2D eigenvalue weighted by atomic mass is 35.5. The number of aliphatic hydroxyl groups excluding tert-OH is 1. The Balaban J connectivity index is 1.27. The van der Waals surface area contributed by atoms with Crippen LogP contribution >= 0.6 is 11.6 Å². The molecule has 6 rings (SSSR count). The third kappa shape index (κ3) is 3.96. The normalized spacial score (nSPS) is 23.2. The Labute approximate surface area is 208 Å². The molecule has 0 bridgehead atoms. The average Bonchev–Trinajstić information content (AvgIpc) is 3.55. The molecule has 0 spiro atoms. The molecule has 2 saturated heterocycles. The van der Waals surface area contributed by atoms with Crippen LogP contribution in [0.5, 0.6) is 11.8 Å². The highest BCUT2D eigenvalue weighted by Crippen LogP contribution is 2.36. The maximum atomic E-state index is 14.1. The largest absolute Gasteiger partial charge is 0.493 e. The average molecular weight is 516 g/mol. The van der Waals surface area contributed by atoms with E-state index in [4.69, 9.17) is 30.5 Å². The lowest BCUT2D eigenvalue weighted by molar-refractivity contribution is 0.00706. The first kappa shape index (κ1) is 23.1. The van der Waals surface area contributed by atoms with Gasteiger partial charge >= 0.3 is 0 Å². The molecule has 4 aromatic rings. The number of H-pyrrole nitrogens is 1. The van der Waals surface area contributed by atoms with E-state index in [9.17, 15) is 13.9 Å². The van der Waals surface area contributed by atoms with Crippen LogP contribution in [0.3, 0.4) is 0 Å². The van der Waals surface area contributed by atoms with Gasteiger partial charge in [-0.25, -0.2) is 13.8 Å². The maximum absolute atomic E-state index is 14.1. The molecule has 2 aliphatic rings. The number of halogens is 3. The van der Waals surface area contributed by atoms with Crippen LogP contribution in [-0.2, 0) is 9.47 Å². The summed E-state index contributed by atoms with van der Waals surface area (Å²) in [6.07, 6.45) is -1.87. The van der Waals surface area contributed by atoms with Crippen molar-refractivity contribution in [2.24, 2.45) is 0 Å². The Morgan fingerprint density at radius 1 is 1.03 bits per heavy atom. The van der Waals surface area contributed by atoms with Crippen LogP contribution in [0.15, 0.2) is 42.5 Å². The van der Waals surface area contributed by atoms with E-state index < -0.39 is 29.9 Å². The van der Waals surface area contributed by atoms with Crippen molar-refractivity contribution in [1.29, 1.82) is 0 Å². The summed E-state index contributed by atoms with van der Waals surface area (Å²) in [6, 6.07) is 10.8. The Hall–Kier alpha value is -3.31. The number of nitrogens with one attached hydrogen (secondary N) is 1. The van der Waals surface area contributed by atoms with Gasteiger partial charge in [0.25, 0.3) is 6.01 Å². The van der Waals surface area contributed by atoms with Crippen molar-refractivity contribution in [2.75, 3.05) is 20.3 Å². The van der Waals surface area contributed by atoms with Crippen molar-refractivity contribution in [3.05, 3.63) is 59.1 Å². The van der Waals surface area contributed by atoms with Gasteiger partial charge in [-0.15, -0.1) is 0 Å². The third-order valence-corrected chi connectivity index (χ3v) is 6.62. The van der Waals surface area contributed by atoms with Crippen molar-refractivity contribution in [3.8, 4) is 34.1 Å². The Bertz CT molecular complexity index is 1450. The van der Waals surface area contributed by atoms with Crippen molar-refractivity contribution in [2.45, 2.75) is 24.4 Å². The van der Waals surface area contributed by atoms with Crippen LogP contribution in [0.1, 0.15) is 0 Å². The molecule has 0 aliphatic carbocycles. The summed E-state index contributed by atoms with van der Waals surface area (Å²) in [6.45, 7) is 0.477. The minimum absolute atomic E-state index is 0.0396. The number of hydrogen-bond acceptors (Lipinski definition) is 7. The zero-order valence-electron chi connectivity index (χ0n) is 18.9. The van der Waals surface area contributed by atoms with Gasteiger partial charge in [0.15, 0.2) is 23.3 Å². The Morgan fingerprint density at radius 3 is 2.56 bits per heavy atom. The molecule has 0 amide bonds. The van der Waals surface area contributed by atoms with E-state index >= 15 is 0 Å². The number of imidazole rings is 1. The predicted molar refractivity (Wildman–Crippen MR) is 126 cm³/mol. The molecule has 11 heteroatoms.